The molecule has 0 spiro atoms. The average molecular weight is 306 g/mol. The molecule has 1 aromatic rings. The third-order valence-electron chi connectivity index (χ3n) is 3.30. The molecule has 1 heterocycles. The summed E-state index contributed by atoms with van der Waals surface area (Å²) in [5.74, 6) is -1.31. The van der Waals surface area contributed by atoms with Crippen LogP contribution in [0.4, 0.5) is 0 Å². The predicted molar refractivity (Wildman–Crippen MR) is 75.9 cm³/mol. The molecule has 0 bridgehead atoms. The molecule has 0 amide bonds. The molecule has 1 fully saturated rings. The first kappa shape index (κ1) is 16.2. The summed E-state index contributed by atoms with van der Waals surface area (Å²) in [5.41, 5.74) is 0.852. The molecule has 3 atom stereocenters. The molecule has 2 rings (SSSR count). The van der Waals surface area contributed by atoms with Crippen LogP contribution in [0.25, 0.3) is 0 Å². The second-order valence-corrected chi connectivity index (χ2v) is 5.08. The van der Waals surface area contributed by atoms with Gasteiger partial charge < -0.3 is 14.2 Å². The quantitative estimate of drug-likeness (QED) is 0.786. The van der Waals surface area contributed by atoms with Crippen molar-refractivity contribution in [3.8, 4) is 0 Å². The van der Waals surface area contributed by atoms with Crippen LogP contribution >= 0.6 is 0 Å². The van der Waals surface area contributed by atoms with Gasteiger partial charge in [0.1, 0.15) is 12.7 Å². The van der Waals surface area contributed by atoms with Crippen molar-refractivity contribution in [3.63, 3.8) is 0 Å². The van der Waals surface area contributed by atoms with Gasteiger partial charge in [0.15, 0.2) is 11.9 Å². The third kappa shape index (κ3) is 4.14. The monoisotopic (exact) mass is 306 g/mol. The van der Waals surface area contributed by atoms with Gasteiger partial charge in [0, 0.05) is 20.3 Å². The van der Waals surface area contributed by atoms with Gasteiger partial charge in [0.2, 0.25) is 0 Å². The summed E-state index contributed by atoms with van der Waals surface area (Å²) in [6, 6.07) is 9.27. The summed E-state index contributed by atoms with van der Waals surface area (Å²) in [6.45, 7) is 2.35. The highest BCUT2D eigenvalue weighted by atomic mass is 16.6. The maximum Gasteiger partial charge on any atom is 0.303 e. The molecule has 0 unspecified atom stereocenters. The Bertz CT molecular complexity index is 553. The van der Waals surface area contributed by atoms with Crippen molar-refractivity contribution in [1.82, 2.24) is 0 Å². The summed E-state index contributed by atoms with van der Waals surface area (Å²) in [6.07, 6.45) is -2.18. The van der Waals surface area contributed by atoms with E-state index >= 15 is 0 Å². The molecule has 0 saturated carbocycles. The van der Waals surface area contributed by atoms with Crippen LogP contribution in [0, 0.1) is 0 Å². The Morgan fingerprint density at radius 2 is 1.86 bits per heavy atom. The summed E-state index contributed by atoms with van der Waals surface area (Å²) in [5, 5.41) is 0. The van der Waals surface area contributed by atoms with Crippen molar-refractivity contribution in [3.05, 3.63) is 35.9 Å². The zero-order valence-corrected chi connectivity index (χ0v) is 12.5. The Hall–Kier alpha value is -2.21. The van der Waals surface area contributed by atoms with Crippen LogP contribution in [0.15, 0.2) is 30.3 Å². The van der Waals surface area contributed by atoms with Crippen molar-refractivity contribution in [1.29, 1.82) is 0 Å². The molecule has 1 aliphatic heterocycles. The van der Waals surface area contributed by atoms with Crippen LogP contribution in [-0.2, 0) is 28.6 Å². The second-order valence-electron chi connectivity index (χ2n) is 5.08. The smallest absolute Gasteiger partial charge is 0.303 e. The fourth-order valence-corrected chi connectivity index (χ4v) is 2.35. The van der Waals surface area contributed by atoms with Gasteiger partial charge in [-0.2, -0.15) is 0 Å². The van der Waals surface area contributed by atoms with Gasteiger partial charge in [-0.25, -0.2) is 0 Å². The van der Waals surface area contributed by atoms with Gasteiger partial charge in [0.05, 0.1) is 6.10 Å². The Labute approximate surface area is 128 Å². The summed E-state index contributed by atoms with van der Waals surface area (Å²) in [7, 11) is 0. The largest absolute Gasteiger partial charge is 0.463 e. The van der Waals surface area contributed by atoms with Gasteiger partial charge in [-0.1, -0.05) is 30.3 Å². The first-order chi connectivity index (χ1) is 10.5. The lowest BCUT2D eigenvalue weighted by molar-refractivity contribution is -0.186. The summed E-state index contributed by atoms with van der Waals surface area (Å²) in [4.78, 5) is 34.4. The molecule has 0 N–H and O–H groups in total. The SMILES string of the molecule is CC(=O)OC[C@H]1O[C@H](c2ccccc2)CC(=O)[C@@H]1OC(C)=O. The Morgan fingerprint density at radius 1 is 1.18 bits per heavy atom. The highest BCUT2D eigenvalue weighted by molar-refractivity contribution is 5.87. The fraction of sp³-hybridized carbons (Fsp3) is 0.438. The summed E-state index contributed by atoms with van der Waals surface area (Å²) < 4.78 is 15.8. The van der Waals surface area contributed by atoms with Crippen molar-refractivity contribution in [2.45, 2.75) is 38.6 Å². The van der Waals surface area contributed by atoms with Crippen LogP contribution in [0.5, 0.6) is 0 Å². The number of esters is 2. The summed E-state index contributed by atoms with van der Waals surface area (Å²) >= 11 is 0. The normalized spacial score (nSPS) is 24.6. The molecule has 22 heavy (non-hydrogen) atoms. The Balaban J connectivity index is 2.15. The highest BCUT2D eigenvalue weighted by Gasteiger charge is 2.41. The molecule has 6 nitrogen and oxygen atoms in total. The van der Waals surface area contributed by atoms with Crippen LogP contribution in [-0.4, -0.2) is 36.5 Å². The van der Waals surface area contributed by atoms with Gasteiger partial charge in [-0.05, 0) is 5.56 Å². The lowest BCUT2D eigenvalue weighted by Crippen LogP contribution is -2.47. The number of rotatable bonds is 4. The first-order valence-corrected chi connectivity index (χ1v) is 7.01. The third-order valence-corrected chi connectivity index (χ3v) is 3.30. The minimum atomic E-state index is -1.04. The molecule has 1 aliphatic rings. The van der Waals surface area contributed by atoms with Crippen molar-refractivity contribution in [2.24, 2.45) is 0 Å². The number of Topliss-reactive ketones (excluding diaryl/α,β-unsaturated/α-hetero) is 1. The standard InChI is InChI=1S/C16H18O6/c1-10(17)20-9-15-16(21-11(2)18)13(19)8-14(22-15)12-6-4-3-5-7-12/h3-7,14-16H,8-9H2,1-2H3/t14-,15+,16-/m0/s1. The molecule has 6 heteroatoms. The maximum absolute atomic E-state index is 12.3. The van der Waals surface area contributed by atoms with E-state index in [0.717, 1.165) is 5.56 Å². The number of hydrogen-bond donors (Lipinski definition) is 0. The molecule has 0 aliphatic carbocycles. The molecular formula is C16H18O6. The van der Waals surface area contributed by atoms with E-state index in [-0.39, 0.29) is 18.8 Å². The number of ketones is 1. The van der Waals surface area contributed by atoms with E-state index < -0.39 is 30.3 Å². The van der Waals surface area contributed by atoms with Crippen LogP contribution < -0.4 is 0 Å². The molecule has 118 valence electrons. The average Bonchev–Trinajstić information content (AvgIpc) is 2.48. The molecule has 1 saturated heterocycles. The van der Waals surface area contributed by atoms with Gasteiger partial charge >= 0.3 is 11.9 Å². The molecule has 0 radical (unpaired) electrons. The number of ether oxygens (including phenoxy) is 3. The van der Waals surface area contributed by atoms with Crippen molar-refractivity contribution < 1.29 is 28.6 Å². The molecular weight excluding hydrogens is 288 g/mol. The van der Waals surface area contributed by atoms with E-state index in [9.17, 15) is 14.4 Å². The van der Waals surface area contributed by atoms with Crippen molar-refractivity contribution >= 4 is 17.7 Å². The molecule has 1 aromatic carbocycles. The highest BCUT2D eigenvalue weighted by Crippen LogP contribution is 2.31. The van der Waals surface area contributed by atoms with Gasteiger partial charge in [-0.3, -0.25) is 14.4 Å². The minimum Gasteiger partial charge on any atom is -0.463 e. The maximum atomic E-state index is 12.3. The van der Waals surface area contributed by atoms with E-state index in [1.165, 1.54) is 13.8 Å². The van der Waals surface area contributed by atoms with E-state index in [1.807, 2.05) is 30.3 Å². The lowest BCUT2D eigenvalue weighted by Gasteiger charge is -2.34. The van der Waals surface area contributed by atoms with Gasteiger partial charge in [-0.15, -0.1) is 0 Å². The number of carbonyl (C=O) groups excluding carboxylic acids is 3. The number of carbonyl (C=O) groups is 3. The van der Waals surface area contributed by atoms with E-state index in [1.54, 1.807) is 0 Å². The van der Waals surface area contributed by atoms with Crippen molar-refractivity contribution in [2.75, 3.05) is 6.61 Å². The zero-order chi connectivity index (χ0) is 16.1. The number of hydrogen-bond acceptors (Lipinski definition) is 6. The fourth-order valence-electron chi connectivity index (χ4n) is 2.35. The van der Waals surface area contributed by atoms with Crippen LogP contribution in [0.1, 0.15) is 31.9 Å². The van der Waals surface area contributed by atoms with E-state index in [0.29, 0.717) is 0 Å². The van der Waals surface area contributed by atoms with E-state index in [2.05, 4.69) is 0 Å². The Kier molecular flexibility index (Phi) is 5.27. The van der Waals surface area contributed by atoms with Gasteiger partial charge in [0.25, 0.3) is 0 Å². The van der Waals surface area contributed by atoms with Crippen LogP contribution in [0.2, 0.25) is 0 Å². The first-order valence-electron chi connectivity index (χ1n) is 7.01. The second kappa shape index (κ2) is 7.17. The van der Waals surface area contributed by atoms with Crippen LogP contribution in [0.3, 0.4) is 0 Å². The zero-order valence-electron chi connectivity index (χ0n) is 12.5. The number of benzene rings is 1. The minimum absolute atomic E-state index is 0.110. The predicted octanol–water partition coefficient (Wildman–Crippen LogP) is 1.58. The lowest BCUT2D eigenvalue weighted by atomic mass is 9.95. The Morgan fingerprint density at radius 3 is 2.45 bits per heavy atom. The van der Waals surface area contributed by atoms with E-state index in [4.69, 9.17) is 14.2 Å². The molecule has 0 aromatic heterocycles. The topological polar surface area (TPSA) is 78.9 Å².